The van der Waals surface area contributed by atoms with Crippen molar-refractivity contribution in [2.24, 2.45) is 5.16 Å². The highest BCUT2D eigenvalue weighted by Crippen LogP contribution is 2.00. The Bertz CT molecular complexity index is 155. The third-order valence-electron chi connectivity index (χ3n) is 1.54. The number of nitrogens with zero attached hydrogens (tertiary/aromatic N) is 1. The van der Waals surface area contributed by atoms with Crippen molar-refractivity contribution in [2.75, 3.05) is 0 Å². The zero-order chi connectivity index (χ0) is 8.69. The van der Waals surface area contributed by atoms with E-state index < -0.39 is 0 Å². The Morgan fingerprint density at radius 1 is 1.45 bits per heavy atom. The molecule has 0 saturated carbocycles. The standard InChI is InChI=1S/C9H17NO/c1-4-9(10-11)7-5-6-8(2)3/h6,11H,4-5,7H2,1-3H3. The van der Waals surface area contributed by atoms with E-state index in [2.05, 4.69) is 25.1 Å². The van der Waals surface area contributed by atoms with Crippen LogP contribution in [0.3, 0.4) is 0 Å². The molecule has 0 fully saturated rings. The van der Waals surface area contributed by atoms with Crippen LogP contribution in [0.2, 0.25) is 0 Å². The van der Waals surface area contributed by atoms with Crippen molar-refractivity contribution < 1.29 is 5.21 Å². The first-order chi connectivity index (χ1) is 5.20. The van der Waals surface area contributed by atoms with Crippen LogP contribution in [0.15, 0.2) is 16.8 Å². The Balaban J connectivity index is 3.61. The fourth-order valence-electron chi connectivity index (χ4n) is 0.825. The van der Waals surface area contributed by atoms with Crippen LogP contribution in [0.4, 0.5) is 0 Å². The Kier molecular flexibility index (Phi) is 5.53. The SMILES string of the molecule is CCC(CCC=C(C)C)=NO. The van der Waals surface area contributed by atoms with E-state index in [9.17, 15) is 0 Å². The zero-order valence-electron chi connectivity index (χ0n) is 7.59. The third kappa shape index (κ3) is 5.64. The van der Waals surface area contributed by atoms with Crippen LogP contribution in [-0.2, 0) is 0 Å². The van der Waals surface area contributed by atoms with E-state index in [-0.39, 0.29) is 0 Å². The van der Waals surface area contributed by atoms with E-state index in [1.54, 1.807) is 0 Å². The second kappa shape index (κ2) is 5.96. The van der Waals surface area contributed by atoms with Gasteiger partial charge in [0, 0.05) is 0 Å². The first-order valence-corrected chi connectivity index (χ1v) is 4.03. The second-order valence-electron chi connectivity index (χ2n) is 2.84. The largest absolute Gasteiger partial charge is 0.411 e. The molecule has 2 heteroatoms. The van der Waals surface area contributed by atoms with Crippen molar-refractivity contribution in [1.82, 2.24) is 0 Å². The predicted octanol–water partition coefficient (Wildman–Crippen LogP) is 2.97. The summed E-state index contributed by atoms with van der Waals surface area (Å²) < 4.78 is 0. The minimum atomic E-state index is 0.840. The minimum Gasteiger partial charge on any atom is -0.411 e. The summed E-state index contributed by atoms with van der Waals surface area (Å²) in [6.07, 6.45) is 4.85. The Morgan fingerprint density at radius 2 is 2.09 bits per heavy atom. The van der Waals surface area contributed by atoms with Gasteiger partial charge >= 0.3 is 0 Å². The third-order valence-corrected chi connectivity index (χ3v) is 1.54. The Hall–Kier alpha value is -0.790. The van der Waals surface area contributed by atoms with Gasteiger partial charge in [-0.1, -0.05) is 23.7 Å². The van der Waals surface area contributed by atoms with Crippen LogP contribution in [0.25, 0.3) is 0 Å². The lowest BCUT2D eigenvalue weighted by Gasteiger charge is -1.96. The molecule has 0 atom stereocenters. The summed E-state index contributed by atoms with van der Waals surface area (Å²) in [6, 6.07) is 0. The van der Waals surface area contributed by atoms with Gasteiger partial charge in [-0.05, 0) is 33.1 Å². The van der Waals surface area contributed by atoms with E-state index >= 15 is 0 Å². The van der Waals surface area contributed by atoms with Gasteiger partial charge in [0.25, 0.3) is 0 Å². The van der Waals surface area contributed by atoms with Gasteiger partial charge in [-0.2, -0.15) is 0 Å². The number of allylic oxidation sites excluding steroid dienone is 2. The molecule has 0 radical (unpaired) electrons. The molecular weight excluding hydrogens is 138 g/mol. The first-order valence-electron chi connectivity index (χ1n) is 4.03. The first kappa shape index (κ1) is 10.2. The summed E-state index contributed by atoms with van der Waals surface area (Å²) in [4.78, 5) is 0. The van der Waals surface area contributed by atoms with E-state index in [4.69, 9.17) is 5.21 Å². The summed E-state index contributed by atoms with van der Waals surface area (Å²) in [5.41, 5.74) is 2.20. The van der Waals surface area contributed by atoms with Gasteiger partial charge in [-0.25, -0.2) is 0 Å². The second-order valence-corrected chi connectivity index (χ2v) is 2.84. The van der Waals surface area contributed by atoms with Crippen LogP contribution in [0.1, 0.15) is 40.0 Å². The topological polar surface area (TPSA) is 32.6 Å². The highest BCUT2D eigenvalue weighted by molar-refractivity contribution is 5.83. The smallest absolute Gasteiger partial charge is 0.0571 e. The quantitative estimate of drug-likeness (QED) is 0.288. The van der Waals surface area contributed by atoms with Gasteiger partial charge in [-0.15, -0.1) is 0 Å². The fraction of sp³-hybridized carbons (Fsp3) is 0.667. The molecule has 0 unspecified atom stereocenters. The highest BCUT2D eigenvalue weighted by atomic mass is 16.4. The van der Waals surface area contributed by atoms with Crippen LogP contribution in [0, 0.1) is 0 Å². The van der Waals surface area contributed by atoms with Crippen LogP contribution in [0.5, 0.6) is 0 Å². The molecule has 0 bridgehead atoms. The molecule has 0 amide bonds. The molecule has 1 N–H and O–H groups in total. The van der Waals surface area contributed by atoms with Crippen LogP contribution in [-0.4, -0.2) is 10.9 Å². The summed E-state index contributed by atoms with van der Waals surface area (Å²) in [5, 5.41) is 11.6. The lowest BCUT2D eigenvalue weighted by molar-refractivity contribution is 0.316. The molecule has 11 heavy (non-hydrogen) atoms. The molecular formula is C9H17NO. The van der Waals surface area contributed by atoms with Crippen LogP contribution >= 0.6 is 0 Å². The molecule has 0 aromatic rings. The van der Waals surface area contributed by atoms with Crippen molar-refractivity contribution in [2.45, 2.75) is 40.0 Å². The molecule has 0 heterocycles. The van der Waals surface area contributed by atoms with Gasteiger partial charge in [0.2, 0.25) is 0 Å². The van der Waals surface area contributed by atoms with E-state index in [1.165, 1.54) is 5.57 Å². The monoisotopic (exact) mass is 155 g/mol. The Morgan fingerprint density at radius 3 is 2.45 bits per heavy atom. The summed E-state index contributed by atoms with van der Waals surface area (Å²) in [5.74, 6) is 0. The normalized spacial score (nSPS) is 11.4. The highest BCUT2D eigenvalue weighted by Gasteiger charge is 1.93. The molecule has 0 aliphatic rings. The van der Waals surface area contributed by atoms with E-state index in [1.807, 2.05) is 6.92 Å². The molecule has 0 rings (SSSR count). The maximum Gasteiger partial charge on any atom is 0.0571 e. The maximum absolute atomic E-state index is 8.46. The average molecular weight is 155 g/mol. The van der Waals surface area contributed by atoms with Crippen molar-refractivity contribution >= 4 is 5.71 Å². The van der Waals surface area contributed by atoms with E-state index in [0.717, 1.165) is 25.0 Å². The number of rotatable bonds is 4. The number of hydrogen-bond donors (Lipinski definition) is 1. The molecule has 64 valence electrons. The fourth-order valence-corrected chi connectivity index (χ4v) is 0.825. The molecule has 0 aliphatic heterocycles. The average Bonchev–Trinajstić information content (AvgIpc) is 1.98. The Labute approximate surface area is 68.6 Å². The molecule has 2 nitrogen and oxygen atoms in total. The summed E-state index contributed by atoms with van der Waals surface area (Å²) in [6.45, 7) is 6.14. The molecule has 0 aliphatic carbocycles. The van der Waals surface area contributed by atoms with Gasteiger partial charge in [0.05, 0.1) is 5.71 Å². The van der Waals surface area contributed by atoms with Crippen molar-refractivity contribution in [3.05, 3.63) is 11.6 Å². The van der Waals surface area contributed by atoms with Gasteiger partial charge < -0.3 is 5.21 Å². The summed E-state index contributed by atoms with van der Waals surface area (Å²) >= 11 is 0. The lowest BCUT2D eigenvalue weighted by atomic mass is 10.1. The van der Waals surface area contributed by atoms with Gasteiger partial charge in [0.15, 0.2) is 0 Å². The lowest BCUT2D eigenvalue weighted by Crippen LogP contribution is -1.94. The van der Waals surface area contributed by atoms with E-state index in [0.29, 0.717) is 0 Å². The molecule has 0 aromatic carbocycles. The number of oxime groups is 1. The predicted molar refractivity (Wildman–Crippen MR) is 48.2 cm³/mol. The van der Waals surface area contributed by atoms with Crippen LogP contribution < -0.4 is 0 Å². The molecule has 0 saturated heterocycles. The van der Waals surface area contributed by atoms with Gasteiger partial charge in [-0.3, -0.25) is 0 Å². The van der Waals surface area contributed by atoms with Gasteiger partial charge in [0.1, 0.15) is 0 Å². The molecule has 0 aromatic heterocycles. The zero-order valence-corrected chi connectivity index (χ0v) is 7.59. The minimum absolute atomic E-state index is 0.840. The molecule has 0 spiro atoms. The van der Waals surface area contributed by atoms with Crippen molar-refractivity contribution in [1.29, 1.82) is 0 Å². The van der Waals surface area contributed by atoms with Crippen molar-refractivity contribution in [3.8, 4) is 0 Å². The van der Waals surface area contributed by atoms with Crippen molar-refractivity contribution in [3.63, 3.8) is 0 Å². The maximum atomic E-state index is 8.46. The summed E-state index contributed by atoms with van der Waals surface area (Å²) in [7, 11) is 0. The number of hydrogen-bond acceptors (Lipinski definition) is 2.